The van der Waals surface area contributed by atoms with Crippen LogP contribution in [0.2, 0.25) is 0 Å². The number of hydrogen-bond donors (Lipinski definition) is 3. The molecule has 112 valence electrons. The lowest BCUT2D eigenvalue weighted by Gasteiger charge is -2.16. The molecule has 0 aliphatic rings. The smallest absolute Gasteiger partial charge is 0.261 e. The summed E-state index contributed by atoms with van der Waals surface area (Å²) >= 11 is 0. The molecule has 1 amide bonds. The molecule has 21 heavy (non-hydrogen) atoms. The Labute approximate surface area is 122 Å². The summed E-state index contributed by atoms with van der Waals surface area (Å²) in [7, 11) is 0. The topological polar surface area (TPSA) is 106 Å². The fourth-order valence-electron chi connectivity index (χ4n) is 1.78. The van der Waals surface area contributed by atoms with E-state index in [0.29, 0.717) is 11.6 Å². The molecule has 4 N–H and O–H groups in total. The van der Waals surface area contributed by atoms with Gasteiger partial charge in [0.05, 0.1) is 6.54 Å². The lowest BCUT2D eigenvalue weighted by molar-refractivity contribution is -0.127. The van der Waals surface area contributed by atoms with Crippen molar-refractivity contribution in [2.24, 2.45) is 0 Å². The van der Waals surface area contributed by atoms with E-state index in [1.165, 1.54) is 0 Å². The fourth-order valence-corrected chi connectivity index (χ4v) is 1.78. The Balaban J connectivity index is 1.91. The van der Waals surface area contributed by atoms with Crippen molar-refractivity contribution >= 4 is 11.9 Å². The zero-order chi connectivity index (χ0) is 15.4. The van der Waals surface area contributed by atoms with E-state index in [2.05, 4.69) is 20.5 Å². The number of rotatable bonds is 5. The highest BCUT2D eigenvalue weighted by molar-refractivity contribution is 5.80. The second-order valence-corrected chi connectivity index (χ2v) is 4.89. The third-order valence-corrected chi connectivity index (χ3v) is 3.00. The highest BCUT2D eigenvalue weighted by Gasteiger charge is 2.16. The molecule has 1 heterocycles. The Morgan fingerprint density at radius 3 is 2.90 bits per heavy atom. The number of amides is 1. The van der Waals surface area contributed by atoms with Gasteiger partial charge in [-0.05, 0) is 38.0 Å². The van der Waals surface area contributed by atoms with Gasteiger partial charge in [0.25, 0.3) is 5.91 Å². The van der Waals surface area contributed by atoms with Crippen molar-refractivity contribution in [1.82, 2.24) is 20.5 Å². The number of carbonyl (C=O) groups is 1. The zero-order valence-electron chi connectivity index (χ0n) is 12.3. The lowest BCUT2D eigenvalue weighted by Crippen LogP contribution is -2.36. The van der Waals surface area contributed by atoms with E-state index >= 15 is 0 Å². The number of nitrogens with zero attached hydrogens (tertiary/aromatic N) is 2. The summed E-state index contributed by atoms with van der Waals surface area (Å²) < 4.78 is 5.70. The molecule has 2 aromatic rings. The van der Waals surface area contributed by atoms with Crippen molar-refractivity contribution < 1.29 is 9.53 Å². The van der Waals surface area contributed by atoms with Crippen LogP contribution >= 0.6 is 0 Å². The second-order valence-electron chi connectivity index (χ2n) is 4.89. The number of nitrogens with two attached hydrogens (primary N) is 1. The number of aromatic amines is 1. The van der Waals surface area contributed by atoms with E-state index in [1.54, 1.807) is 6.92 Å². The van der Waals surface area contributed by atoms with Gasteiger partial charge in [0, 0.05) is 0 Å². The number of hydrogen-bond acceptors (Lipinski definition) is 5. The van der Waals surface area contributed by atoms with E-state index < -0.39 is 6.10 Å². The summed E-state index contributed by atoms with van der Waals surface area (Å²) in [6.07, 6.45) is -0.606. The van der Waals surface area contributed by atoms with Crippen LogP contribution in [-0.2, 0) is 11.3 Å². The van der Waals surface area contributed by atoms with Gasteiger partial charge in [-0.15, -0.1) is 5.10 Å². The van der Waals surface area contributed by atoms with E-state index in [4.69, 9.17) is 10.5 Å². The Morgan fingerprint density at radius 1 is 1.48 bits per heavy atom. The van der Waals surface area contributed by atoms with Crippen LogP contribution in [0, 0.1) is 13.8 Å². The van der Waals surface area contributed by atoms with Gasteiger partial charge in [-0.1, -0.05) is 12.1 Å². The molecule has 0 spiro atoms. The molecule has 0 aliphatic heterocycles. The summed E-state index contributed by atoms with van der Waals surface area (Å²) in [6.45, 7) is 5.84. The van der Waals surface area contributed by atoms with Gasteiger partial charge < -0.3 is 15.8 Å². The number of ether oxygens (including phenoxy) is 1. The molecular formula is C14H19N5O2. The summed E-state index contributed by atoms with van der Waals surface area (Å²) in [6, 6.07) is 5.88. The maximum atomic E-state index is 12.0. The molecule has 1 aromatic carbocycles. The predicted molar refractivity (Wildman–Crippen MR) is 78.6 cm³/mol. The number of aryl methyl sites for hydroxylation is 2. The molecule has 7 heteroatoms. The molecule has 0 radical (unpaired) electrons. The van der Waals surface area contributed by atoms with Crippen molar-refractivity contribution in [2.75, 3.05) is 5.73 Å². The van der Waals surface area contributed by atoms with Gasteiger partial charge in [-0.25, -0.2) is 0 Å². The lowest BCUT2D eigenvalue weighted by atomic mass is 10.1. The van der Waals surface area contributed by atoms with Crippen molar-refractivity contribution in [2.45, 2.75) is 33.4 Å². The van der Waals surface area contributed by atoms with E-state index in [9.17, 15) is 4.79 Å². The molecule has 0 saturated carbocycles. The highest BCUT2D eigenvalue weighted by atomic mass is 16.5. The van der Waals surface area contributed by atoms with Crippen LogP contribution in [0.15, 0.2) is 18.2 Å². The molecule has 2 rings (SSSR count). The first kappa shape index (κ1) is 14.8. The summed E-state index contributed by atoms with van der Waals surface area (Å²) in [5, 5.41) is 9.03. The van der Waals surface area contributed by atoms with E-state index in [1.807, 2.05) is 32.0 Å². The van der Waals surface area contributed by atoms with Crippen LogP contribution in [0.3, 0.4) is 0 Å². The minimum absolute atomic E-state index is 0.152. The SMILES string of the molecule is Cc1ccc(C)c(O[C@H](C)C(=O)NCc2nc(N)n[nH]2)c1. The highest BCUT2D eigenvalue weighted by Crippen LogP contribution is 2.20. The maximum absolute atomic E-state index is 12.0. The number of aromatic nitrogens is 3. The first-order valence-corrected chi connectivity index (χ1v) is 6.64. The fraction of sp³-hybridized carbons (Fsp3) is 0.357. The Bertz CT molecular complexity index is 638. The first-order valence-electron chi connectivity index (χ1n) is 6.64. The van der Waals surface area contributed by atoms with Crippen molar-refractivity contribution in [3.63, 3.8) is 0 Å². The summed E-state index contributed by atoms with van der Waals surface area (Å²) in [5.74, 6) is 1.13. The number of anilines is 1. The van der Waals surface area contributed by atoms with Gasteiger partial charge in [-0.2, -0.15) is 4.98 Å². The van der Waals surface area contributed by atoms with Crippen molar-refractivity contribution in [1.29, 1.82) is 0 Å². The minimum Gasteiger partial charge on any atom is -0.481 e. The number of benzene rings is 1. The largest absolute Gasteiger partial charge is 0.481 e. The molecule has 0 aliphatic carbocycles. The molecule has 1 aromatic heterocycles. The van der Waals surface area contributed by atoms with Crippen LogP contribution in [-0.4, -0.2) is 27.2 Å². The Kier molecular flexibility index (Phi) is 4.42. The quantitative estimate of drug-likeness (QED) is 0.764. The molecule has 7 nitrogen and oxygen atoms in total. The monoisotopic (exact) mass is 289 g/mol. The Morgan fingerprint density at radius 2 is 2.24 bits per heavy atom. The number of H-pyrrole nitrogens is 1. The number of carbonyl (C=O) groups excluding carboxylic acids is 1. The van der Waals surface area contributed by atoms with Gasteiger partial charge in [0.1, 0.15) is 11.6 Å². The Hall–Kier alpha value is -2.57. The van der Waals surface area contributed by atoms with Crippen LogP contribution in [0.4, 0.5) is 5.95 Å². The maximum Gasteiger partial charge on any atom is 0.261 e. The third-order valence-electron chi connectivity index (χ3n) is 3.00. The zero-order valence-corrected chi connectivity index (χ0v) is 12.3. The second kappa shape index (κ2) is 6.25. The first-order chi connectivity index (χ1) is 9.95. The minimum atomic E-state index is -0.606. The molecule has 0 saturated heterocycles. The van der Waals surface area contributed by atoms with Gasteiger partial charge in [-0.3, -0.25) is 9.89 Å². The van der Waals surface area contributed by atoms with Gasteiger partial charge in [0.2, 0.25) is 5.95 Å². The number of nitrogen functional groups attached to an aromatic ring is 1. The van der Waals surface area contributed by atoms with Crippen molar-refractivity contribution in [3.8, 4) is 5.75 Å². The molecule has 0 unspecified atom stereocenters. The van der Waals surface area contributed by atoms with Gasteiger partial charge >= 0.3 is 0 Å². The van der Waals surface area contributed by atoms with Crippen LogP contribution in [0.1, 0.15) is 23.9 Å². The number of nitrogens with one attached hydrogen (secondary N) is 2. The normalized spacial score (nSPS) is 12.0. The summed E-state index contributed by atoms with van der Waals surface area (Å²) in [5.41, 5.74) is 7.46. The average Bonchev–Trinajstić information content (AvgIpc) is 2.86. The molecule has 0 fully saturated rings. The standard InChI is InChI=1S/C14H19N5O2/c1-8-4-5-9(2)11(6-8)21-10(3)13(20)16-7-12-17-14(15)19-18-12/h4-6,10H,7H2,1-3H3,(H,16,20)(H3,15,17,18,19)/t10-/m1/s1. The van der Waals surface area contributed by atoms with Crippen molar-refractivity contribution in [3.05, 3.63) is 35.2 Å². The van der Waals surface area contributed by atoms with E-state index in [-0.39, 0.29) is 18.4 Å². The van der Waals surface area contributed by atoms with E-state index in [0.717, 1.165) is 11.1 Å². The van der Waals surface area contributed by atoms with Crippen LogP contribution in [0.25, 0.3) is 0 Å². The van der Waals surface area contributed by atoms with Crippen LogP contribution in [0.5, 0.6) is 5.75 Å². The third kappa shape index (κ3) is 3.95. The van der Waals surface area contributed by atoms with Crippen LogP contribution < -0.4 is 15.8 Å². The molecule has 0 bridgehead atoms. The predicted octanol–water partition coefficient (Wildman–Crippen LogP) is 1.09. The molecule has 1 atom stereocenters. The summed E-state index contributed by atoms with van der Waals surface area (Å²) in [4.78, 5) is 15.9. The molecular weight excluding hydrogens is 270 g/mol. The average molecular weight is 289 g/mol. The van der Waals surface area contributed by atoms with Gasteiger partial charge in [0.15, 0.2) is 6.10 Å².